The van der Waals surface area contributed by atoms with Crippen molar-refractivity contribution in [2.45, 2.75) is 39.7 Å². The first kappa shape index (κ1) is 16.5. The van der Waals surface area contributed by atoms with Crippen LogP contribution in [0.2, 0.25) is 0 Å². The number of likely N-dealkylation sites (tertiary alicyclic amines) is 1. The Hall–Kier alpha value is -0.870. The molecule has 1 aromatic rings. The molecule has 1 aliphatic heterocycles. The van der Waals surface area contributed by atoms with Gasteiger partial charge in [-0.25, -0.2) is 4.39 Å². The molecule has 116 valence electrons. The van der Waals surface area contributed by atoms with Crippen LogP contribution in [0, 0.1) is 12.7 Å². The van der Waals surface area contributed by atoms with Gasteiger partial charge in [-0.3, -0.25) is 4.90 Å². The second kappa shape index (κ2) is 7.41. The highest BCUT2D eigenvalue weighted by Gasteiger charge is 2.19. The van der Waals surface area contributed by atoms with Gasteiger partial charge in [0.05, 0.1) is 4.47 Å². The summed E-state index contributed by atoms with van der Waals surface area (Å²) in [4.78, 5) is 2.47. The molecule has 0 bridgehead atoms. The smallest absolute Gasteiger partial charge is 0.139 e. The number of halogens is 2. The van der Waals surface area contributed by atoms with E-state index in [0.717, 1.165) is 43.7 Å². The van der Waals surface area contributed by atoms with Crippen molar-refractivity contribution in [3.05, 3.63) is 39.6 Å². The van der Waals surface area contributed by atoms with Crippen LogP contribution < -0.4 is 5.32 Å². The molecule has 1 aliphatic rings. The first-order valence-electron chi connectivity index (χ1n) is 7.53. The van der Waals surface area contributed by atoms with E-state index in [1.54, 1.807) is 6.07 Å². The standard InChI is InChI=1S/C17H24BrFN2/c1-12(2)4-7-21-8-5-14(6-9-21)20-17-11-16(19)15(18)10-13(17)3/h4,10-11,14,20H,5-9H2,1-3H3. The van der Waals surface area contributed by atoms with Gasteiger partial charge in [0.1, 0.15) is 5.82 Å². The van der Waals surface area contributed by atoms with Crippen molar-refractivity contribution in [2.75, 3.05) is 25.0 Å². The summed E-state index contributed by atoms with van der Waals surface area (Å²) in [7, 11) is 0. The number of allylic oxidation sites excluding steroid dienone is 1. The Morgan fingerprint density at radius 2 is 2.05 bits per heavy atom. The molecule has 2 nitrogen and oxygen atoms in total. The van der Waals surface area contributed by atoms with Gasteiger partial charge in [0.15, 0.2) is 0 Å². The Kier molecular flexibility index (Phi) is 5.82. The Labute approximate surface area is 135 Å². The predicted molar refractivity (Wildman–Crippen MR) is 91.4 cm³/mol. The third kappa shape index (κ3) is 4.82. The van der Waals surface area contributed by atoms with Gasteiger partial charge >= 0.3 is 0 Å². The van der Waals surface area contributed by atoms with E-state index in [1.165, 1.54) is 5.57 Å². The summed E-state index contributed by atoms with van der Waals surface area (Å²) in [5, 5.41) is 3.50. The van der Waals surface area contributed by atoms with Crippen LogP contribution in [0.5, 0.6) is 0 Å². The normalized spacial score (nSPS) is 16.8. The third-order valence-corrected chi connectivity index (χ3v) is 4.58. The minimum Gasteiger partial charge on any atom is -0.382 e. The molecule has 0 atom stereocenters. The SMILES string of the molecule is CC(C)=CCN1CCC(Nc2cc(F)c(Br)cc2C)CC1. The number of anilines is 1. The van der Waals surface area contributed by atoms with E-state index in [9.17, 15) is 4.39 Å². The first-order chi connectivity index (χ1) is 9.95. The fraction of sp³-hybridized carbons (Fsp3) is 0.529. The lowest BCUT2D eigenvalue weighted by Gasteiger charge is -2.32. The van der Waals surface area contributed by atoms with E-state index in [-0.39, 0.29) is 5.82 Å². The second-order valence-electron chi connectivity index (χ2n) is 6.08. The minimum atomic E-state index is -0.205. The number of rotatable bonds is 4. The Morgan fingerprint density at radius 3 is 2.67 bits per heavy atom. The molecule has 0 aliphatic carbocycles. The summed E-state index contributed by atoms with van der Waals surface area (Å²) in [6, 6.07) is 3.86. The quantitative estimate of drug-likeness (QED) is 0.785. The summed E-state index contributed by atoms with van der Waals surface area (Å²) in [6.45, 7) is 9.52. The van der Waals surface area contributed by atoms with Crippen LogP contribution in [-0.4, -0.2) is 30.6 Å². The van der Waals surface area contributed by atoms with Gasteiger partial charge in [-0.05, 0) is 67.2 Å². The lowest BCUT2D eigenvalue weighted by Crippen LogP contribution is -2.39. The molecular weight excluding hydrogens is 331 g/mol. The average Bonchev–Trinajstić information content (AvgIpc) is 2.44. The van der Waals surface area contributed by atoms with Gasteiger partial charge in [-0.2, -0.15) is 0 Å². The van der Waals surface area contributed by atoms with Crippen molar-refractivity contribution in [3.63, 3.8) is 0 Å². The van der Waals surface area contributed by atoms with Crippen LogP contribution in [-0.2, 0) is 0 Å². The van der Waals surface area contributed by atoms with Crippen LogP contribution in [0.25, 0.3) is 0 Å². The Balaban J connectivity index is 1.89. The molecular formula is C17H24BrFN2. The van der Waals surface area contributed by atoms with E-state index >= 15 is 0 Å². The molecule has 0 saturated carbocycles. The molecule has 0 unspecified atom stereocenters. The lowest BCUT2D eigenvalue weighted by atomic mass is 10.0. The number of nitrogens with zero attached hydrogens (tertiary/aromatic N) is 1. The maximum absolute atomic E-state index is 13.6. The van der Waals surface area contributed by atoms with Crippen LogP contribution in [0.3, 0.4) is 0 Å². The number of hydrogen-bond acceptors (Lipinski definition) is 2. The lowest BCUT2D eigenvalue weighted by molar-refractivity contribution is 0.240. The zero-order valence-electron chi connectivity index (χ0n) is 13.0. The topological polar surface area (TPSA) is 15.3 Å². The van der Waals surface area contributed by atoms with E-state index in [2.05, 4.69) is 46.1 Å². The van der Waals surface area contributed by atoms with E-state index in [1.807, 2.05) is 13.0 Å². The molecule has 0 amide bonds. The summed E-state index contributed by atoms with van der Waals surface area (Å²) in [6.07, 6.45) is 4.49. The monoisotopic (exact) mass is 354 g/mol. The number of nitrogens with one attached hydrogen (secondary N) is 1. The summed E-state index contributed by atoms with van der Waals surface area (Å²) < 4.78 is 14.2. The largest absolute Gasteiger partial charge is 0.382 e. The molecule has 1 fully saturated rings. The fourth-order valence-electron chi connectivity index (χ4n) is 2.59. The number of aryl methyl sites for hydroxylation is 1. The summed E-state index contributed by atoms with van der Waals surface area (Å²) >= 11 is 3.23. The predicted octanol–water partition coefficient (Wildman–Crippen LogP) is 4.74. The van der Waals surface area contributed by atoms with Gasteiger partial charge in [0, 0.05) is 31.4 Å². The zero-order chi connectivity index (χ0) is 15.4. The van der Waals surface area contributed by atoms with E-state index in [0.29, 0.717) is 10.5 Å². The number of piperidine rings is 1. The molecule has 0 spiro atoms. The van der Waals surface area contributed by atoms with Crippen molar-refractivity contribution in [1.82, 2.24) is 4.90 Å². The second-order valence-corrected chi connectivity index (χ2v) is 6.94. The van der Waals surface area contributed by atoms with Crippen LogP contribution in [0.4, 0.5) is 10.1 Å². The minimum absolute atomic E-state index is 0.205. The molecule has 1 saturated heterocycles. The van der Waals surface area contributed by atoms with Gasteiger partial charge in [-0.1, -0.05) is 11.6 Å². The Bertz CT molecular complexity index is 516. The van der Waals surface area contributed by atoms with Crippen molar-refractivity contribution in [3.8, 4) is 0 Å². The zero-order valence-corrected chi connectivity index (χ0v) is 14.6. The summed E-state index contributed by atoms with van der Waals surface area (Å²) in [5.41, 5.74) is 3.37. The third-order valence-electron chi connectivity index (χ3n) is 3.97. The Morgan fingerprint density at radius 1 is 1.38 bits per heavy atom. The first-order valence-corrected chi connectivity index (χ1v) is 8.33. The van der Waals surface area contributed by atoms with Crippen LogP contribution in [0.1, 0.15) is 32.3 Å². The molecule has 21 heavy (non-hydrogen) atoms. The van der Waals surface area contributed by atoms with Crippen LogP contribution in [0.15, 0.2) is 28.3 Å². The van der Waals surface area contributed by atoms with Crippen molar-refractivity contribution in [2.24, 2.45) is 0 Å². The molecule has 1 aromatic carbocycles. The van der Waals surface area contributed by atoms with Crippen molar-refractivity contribution in [1.29, 1.82) is 0 Å². The van der Waals surface area contributed by atoms with Gasteiger partial charge in [0.25, 0.3) is 0 Å². The average molecular weight is 355 g/mol. The van der Waals surface area contributed by atoms with Gasteiger partial charge < -0.3 is 5.32 Å². The van der Waals surface area contributed by atoms with Crippen LogP contribution >= 0.6 is 15.9 Å². The highest BCUT2D eigenvalue weighted by atomic mass is 79.9. The molecule has 0 radical (unpaired) electrons. The van der Waals surface area contributed by atoms with E-state index < -0.39 is 0 Å². The molecule has 1 heterocycles. The fourth-order valence-corrected chi connectivity index (χ4v) is 3.05. The van der Waals surface area contributed by atoms with Crippen molar-refractivity contribution >= 4 is 21.6 Å². The van der Waals surface area contributed by atoms with Gasteiger partial charge in [-0.15, -0.1) is 0 Å². The molecule has 2 rings (SSSR count). The van der Waals surface area contributed by atoms with E-state index in [4.69, 9.17) is 0 Å². The summed E-state index contributed by atoms with van der Waals surface area (Å²) in [5.74, 6) is -0.205. The maximum Gasteiger partial charge on any atom is 0.139 e. The molecule has 0 aromatic heterocycles. The van der Waals surface area contributed by atoms with Crippen molar-refractivity contribution < 1.29 is 4.39 Å². The van der Waals surface area contributed by atoms with Gasteiger partial charge in [0.2, 0.25) is 0 Å². The number of hydrogen-bond donors (Lipinski definition) is 1. The highest BCUT2D eigenvalue weighted by molar-refractivity contribution is 9.10. The highest BCUT2D eigenvalue weighted by Crippen LogP contribution is 2.26. The molecule has 4 heteroatoms. The maximum atomic E-state index is 13.6. The molecule has 1 N–H and O–H groups in total. The number of benzene rings is 1.